The standard InChI is InChI=1S/C20H20N2O/c1-14-8-9-19(18-7-5-4-6-17(14)18)20(23)22(3)15(2)16-10-12-21-13-11-16/h4-13,15H,1-3H3/t15-/m1/s1. The van der Waals surface area contributed by atoms with Gasteiger partial charge in [-0.2, -0.15) is 0 Å². The Morgan fingerprint density at radius 1 is 1.00 bits per heavy atom. The monoisotopic (exact) mass is 304 g/mol. The predicted octanol–water partition coefficient (Wildman–Crippen LogP) is 4.38. The van der Waals surface area contributed by atoms with Crippen molar-refractivity contribution in [3.8, 4) is 0 Å². The van der Waals surface area contributed by atoms with E-state index in [1.807, 2.05) is 56.4 Å². The van der Waals surface area contributed by atoms with Gasteiger partial charge >= 0.3 is 0 Å². The summed E-state index contributed by atoms with van der Waals surface area (Å²) in [5.74, 6) is 0.0329. The van der Waals surface area contributed by atoms with E-state index in [0.717, 1.165) is 21.9 Å². The summed E-state index contributed by atoms with van der Waals surface area (Å²) < 4.78 is 0. The molecule has 0 aliphatic rings. The highest BCUT2D eigenvalue weighted by Gasteiger charge is 2.20. The number of amides is 1. The molecule has 0 saturated carbocycles. The van der Waals surface area contributed by atoms with E-state index in [9.17, 15) is 4.79 Å². The summed E-state index contributed by atoms with van der Waals surface area (Å²) >= 11 is 0. The second kappa shape index (κ2) is 6.21. The number of hydrogen-bond donors (Lipinski definition) is 0. The summed E-state index contributed by atoms with van der Waals surface area (Å²) in [7, 11) is 1.85. The minimum atomic E-state index is -0.00874. The number of fused-ring (bicyclic) bond motifs is 1. The van der Waals surface area contributed by atoms with E-state index in [1.165, 1.54) is 5.56 Å². The number of aromatic nitrogens is 1. The van der Waals surface area contributed by atoms with Gasteiger partial charge in [-0.25, -0.2) is 0 Å². The second-order valence-electron chi connectivity index (χ2n) is 5.85. The van der Waals surface area contributed by atoms with Crippen LogP contribution in [0.1, 0.15) is 34.5 Å². The van der Waals surface area contributed by atoms with Crippen LogP contribution in [0.3, 0.4) is 0 Å². The van der Waals surface area contributed by atoms with Crippen LogP contribution in [0.4, 0.5) is 0 Å². The fraction of sp³-hybridized carbons (Fsp3) is 0.200. The summed E-state index contributed by atoms with van der Waals surface area (Å²) in [5, 5.41) is 2.13. The molecule has 3 nitrogen and oxygen atoms in total. The first kappa shape index (κ1) is 15.2. The van der Waals surface area contributed by atoms with E-state index in [-0.39, 0.29) is 11.9 Å². The van der Waals surface area contributed by atoms with Crippen LogP contribution in [0.2, 0.25) is 0 Å². The lowest BCUT2D eigenvalue weighted by Crippen LogP contribution is -2.29. The molecule has 0 aliphatic heterocycles. The SMILES string of the molecule is Cc1ccc(C(=O)N(C)[C@H](C)c2ccncc2)c2ccccc12. The highest BCUT2D eigenvalue weighted by Crippen LogP contribution is 2.26. The average Bonchev–Trinajstić information content (AvgIpc) is 2.61. The Morgan fingerprint density at radius 2 is 1.65 bits per heavy atom. The molecule has 1 atom stereocenters. The van der Waals surface area contributed by atoms with Crippen LogP contribution in [-0.2, 0) is 0 Å². The molecule has 0 N–H and O–H groups in total. The number of hydrogen-bond acceptors (Lipinski definition) is 2. The van der Waals surface area contributed by atoms with E-state index in [1.54, 1.807) is 17.3 Å². The Labute approximate surface area is 136 Å². The zero-order chi connectivity index (χ0) is 16.4. The predicted molar refractivity (Wildman–Crippen MR) is 93.4 cm³/mol. The lowest BCUT2D eigenvalue weighted by Gasteiger charge is -2.26. The van der Waals surface area contributed by atoms with E-state index in [0.29, 0.717) is 0 Å². The Bertz CT molecular complexity index is 843. The van der Waals surface area contributed by atoms with Gasteiger partial charge in [0.15, 0.2) is 0 Å². The van der Waals surface area contributed by atoms with Crippen molar-refractivity contribution in [2.75, 3.05) is 7.05 Å². The van der Waals surface area contributed by atoms with Crippen molar-refractivity contribution in [3.05, 3.63) is 77.6 Å². The van der Waals surface area contributed by atoms with Gasteiger partial charge in [-0.3, -0.25) is 9.78 Å². The van der Waals surface area contributed by atoms with Gasteiger partial charge in [0.2, 0.25) is 0 Å². The molecule has 1 amide bonds. The number of nitrogens with zero attached hydrogens (tertiary/aromatic N) is 2. The van der Waals surface area contributed by atoms with Crippen molar-refractivity contribution in [1.82, 2.24) is 9.88 Å². The third kappa shape index (κ3) is 2.82. The van der Waals surface area contributed by atoms with E-state index < -0.39 is 0 Å². The first-order chi connectivity index (χ1) is 11.1. The lowest BCUT2D eigenvalue weighted by atomic mass is 9.99. The highest BCUT2D eigenvalue weighted by molar-refractivity contribution is 6.07. The quantitative estimate of drug-likeness (QED) is 0.719. The Balaban J connectivity index is 1.99. The molecule has 116 valence electrons. The van der Waals surface area contributed by atoms with Crippen molar-refractivity contribution >= 4 is 16.7 Å². The molecule has 3 rings (SSSR count). The van der Waals surface area contributed by atoms with Gasteiger partial charge < -0.3 is 4.90 Å². The molecule has 3 heteroatoms. The fourth-order valence-electron chi connectivity index (χ4n) is 2.87. The maximum atomic E-state index is 13.0. The number of carbonyl (C=O) groups is 1. The van der Waals surface area contributed by atoms with Gasteiger partial charge in [-0.05, 0) is 53.9 Å². The maximum absolute atomic E-state index is 13.0. The minimum Gasteiger partial charge on any atom is -0.335 e. The van der Waals surface area contributed by atoms with Crippen molar-refractivity contribution in [1.29, 1.82) is 0 Å². The zero-order valence-electron chi connectivity index (χ0n) is 13.7. The van der Waals surface area contributed by atoms with Crippen molar-refractivity contribution < 1.29 is 4.79 Å². The normalized spacial score (nSPS) is 12.1. The van der Waals surface area contributed by atoms with E-state index in [2.05, 4.69) is 18.0 Å². The third-order valence-corrected chi connectivity index (χ3v) is 4.46. The summed E-state index contributed by atoms with van der Waals surface area (Å²) in [6.07, 6.45) is 3.51. The maximum Gasteiger partial charge on any atom is 0.254 e. The number of carbonyl (C=O) groups excluding carboxylic acids is 1. The molecule has 0 bridgehead atoms. The van der Waals surface area contributed by atoms with Crippen LogP contribution in [0.5, 0.6) is 0 Å². The smallest absolute Gasteiger partial charge is 0.254 e. The van der Waals surface area contributed by atoms with Crippen LogP contribution in [0.25, 0.3) is 10.8 Å². The molecular formula is C20H20N2O. The van der Waals surface area contributed by atoms with Crippen molar-refractivity contribution in [3.63, 3.8) is 0 Å². The Hall–Kier alpha value is -2.68. The first-order valence-electron chi connectivity index (χ1n) is 7.75. The lowest BCUT2D eigenvalue weighted by molar-refractivity contribution is 0.0744. The molecule has 1 aromatic heterocycles. The van der Waals surface area contributed by atoms with Crippen LogP contribution >= 0.6 is 0 Å². The van der Waals surface area contributed by atoms with Crippen molar-refractivity contribution in [2.24, 2.45) is 0 Å². The molecular weight excluding hydrogens is 284 g/mol. The second-order valence-corrected chi connectivity index (χ2v) is 5.85. The minimum absolute atomic E-state index is 0.00874. The topological polar surface area (TPSA) is 33.2 Å². The van der Waals surface area contributed by atoms with Crippen LogP contribution < -0.4 is 0 Å². The van der Waals surface area contributed by atoms with Gasteiger partial charge in [0.1, 0.15) is 0 Å². The summed E-state index contributed by atoms with van der Waals surface area (Å²) in [6, 6.07) is 15.9. The molecule has 0 aliphatic carbocycles. The molecule has 3 aromatic rings. The number of pyridine rings is 1. The molecule has 0 saturated heterocycles. The zero-order valence-corrected chi connectivity index (χ0v) is 13.7. The van der Waals surface area contributed by atoms with Crippen molar-refractivity contribution in [2.45, 2.75) is 19.9 Å². The fourth-order valence-corrected chi connectivity index (χ4v) is 2.87. The van der Waals surface area contributed by atoms with Gasteiger partial charge in [0, 0.05) is 25.0 Å². The van der Waals surface area contributed by atoms with Crippen LogP contribution in [0.15, 0.2) is 60.9 Å². The largest absolute Gasteiger partial charge is 0.335 e. The molecule has 1 heterocycles. The van der Waals surface area contributed by atoms with E-state index in [4.69, 9.17) is 0 Å². The molecule has 0 unspecified atom stereocenters. The Kier molecular flexibility index (Phi) is 4.11. The Morgan fingerprint density at radius 3 is 2.35 bits per heavy atom. The van der Waals surface area contributed by atoms with Crippen LogP contribution in [0, 0.1) is 6.92 Å². The van der Waals surface area contributed by atoms with Gasteiger partial charge in [-0.1, -0.05) is 30.3 Å². The van der Waals surface area contributed by atoms with E-state index >= 15 is 0 Å². The third-order valence-electron chi connectivity index (χ3n) is 4.46. The number of benzene rings is 2. The van der Waals surface area contributed by atoms with Gasteiger partial charge in [0.25, 0.3) is 5.91 Å². The summed E-state index contributed by atoms with van der Waals surface area (Å²) in [6.45, 7) is 4.10. The van der Waals surface area contributed by atoms with Gasteiger partial charge in [0.05, 0.1) is 6.04 Å². The van der Waals surface area contributed by atoms with Crippen LogP contribution in [-0.4, -0.2) is 22.8 Å². The molecule has 0 spiro atoms. The molecule has 0 radical (unpaired) electrons. The van der Waals surface area contributed by atoms with Gasteiger partial charge in [-0.15, -0.1) is 0 Å². The number of aryl methyl sites for hydroxylation is 1. The highest BCUT2D eigenvalue weighted by atomic mass is 16.2. The molecule has 2 aromatic carbocycles. The average molecular weight is 304 g/mol. The number of rotatable bonds is 3. The summed E-state index contributed by atoms with van der Waals surface area (Å²) in [5.41, 5.74) is 3.00. The molecule has 23 heavy (non-hydrogen) atoms. The first-order valence-corrected chi connectivity index (χ1v) is 7.75. The molecule has 0 fully saturated rings. The summed E-state index contributed by atoms with van der Waals surface area (Å²) in [4.78, 5) is 18.8.